The molecule has 0 aliphatic heterocycles. The molecule has 0 fully saturated rings. The third-order valence-corrected chi connectivity index (χ3v) is 4.95. The average Bonchev–Trinajstić information content (AvgIpc) is 3.13. The van der Waals surface area contributed by atoms with E-state index < -0.39 is 11.2 Å². The maximum atomic E-state index is 13.1. The number of halogens is 1. The molecule has 0 spiro atoms. The van der Waals surface area contributed by atoms with Crippen molar-refractivity contribution in [3.63, 3.8) is 0 Å². The van der Waals surface area contributed by atoms with Gasteiger partial charge in [-0.25, -0.2) is 14.6 Å². The molecule has 31 heavy (non-hydrogen) atoms. The van der Waals surface area contributed by atoms with Crippen LogP contribution < -0.4 is 16.7 Å². The van der Waals surface area contributed by atoms with Gasteiger partial charge in [-0.3, -0.25) is 14.3 Å². The number of rotatable bonds is 7. The molecule has 0 saturated heterocycles. The number of aromatic nitrogens is 4. The molecule has 2 N–H and O–H groups in total. The maximum absolute atomic E-state index is 13.1. The number of aryl methyl sites for hydroxylation is 3. The van der Waals surface area contributed by atoms with Gasteiger partial charge in [0.15, 0.2) is 11.2 Å². The summed E-state index contributed by atoms with van der Waals surface area (Å²) in [5, 5.41) is 4.17. The van der Waals surface area contributed by atoms with E-state index in [2.05, 4.69) is 32.6 Å². The van der Waals surface area contributed by atoms with Gasteiger partial charge in [-0.05, 0) is 36.1 Å². The Labute approximate surface area is 176 Å². The lowest BCUT2D eigenvalue weighted by molar-refractivity contribution is 0.628. The van der Waals surface area contributed by atoms with E-state index in [1.54, 1.807) is 23.7 Å². The Kier molecular flexibility index (Phi) is 5.74. The molecule has 4 aromatic rings. The Morgan fingerprint density at radius 1 is 1.13 bits per heavy atom. The Morgan fingerprint density at radius 2 is 1.87 bits per heavy atom. The first-order valence-corrected chi connectivity index (χ1v) is 9.81. The number of benzene rings is 2. The van der Waals surface area contributed by atoms with Gasteiger partial charge in [-0.1, -0.05) is 42.5 Å². The minimum atomic E-state index is -0.534. The van der Waals surface area contributed by atoms with Crippen LogP contribution in [0.1, 0.15) is 17.5 Å². The summed E-state index contributed by atoms with van der Waals surface area (Å²) >= 11 is 0. The molecule has 0 saturated carbocycles. The number of hydrogen-bond acceptors (Lipinski definition) is 5. The average molecular weight is 420 g/mol. The first-order chi connectivity index (χ1) is 15.0. The van der Waals surface area contributed by atoms with E-state index in [4.69, 9.17) is 0 Å². The SMILES string of the molecule is Cn1c(=O)[nH]c(=O)c2c1nc(N/N=C/c1ccc(F)cc1)n2CCCc1ccccc1. The predicted molar refractivity (Wildman–Crippen MR) is 118 cm³/mol. The highest BCUT2D eigenvalue weighted by Crippen LogP contribution is 2.17. The molecule has 2 heterocycles. The molecule has 0 amide bonds. The molecular weight excluding hydrogens is 399 g/mol. The first kappa shape index (κ1) is 20.3. The summed E-state index contributed by atoms with van der Waals surface area (Å²) in [6.45, 7) is 0.501. The zero-order valence-electron chi connectivity index (χ0n) is 16.9. The Balaban J connectivity index is 1.64. The van der Waals surface area contributed by atoms with E-state index >= 15 is 0 Å². The van der Waals surface area contributed by atoms with Crippen LogP contribution in [0.4, 0.5) is 10.3 Å². The van der Waals surface area contributed by atoms with Crippen molar-refractivity contribution < 1.29 is 4.39 Å². The quantitative estimate of drug-likeness (QED) is 0.355. The number of nitrogens with zero attached hydrogens (tertiary/aromatic N) is 4. The molecule has 4 rings (SSSR count). The zero-order chi connectivity index (χ0) is 21.8. The summed E-state index contributed by atoms with van der Waals surface area (Å²) in [5.74, 6) is 0.0126. The lowest BCUT2D eigenvalue weighted by Gasteiger charge is -2.08. The summed E-state index contributed by atoms with van der Waals surface area (Å²) in [5.41, 5.74) is 4.28. The largest absolute Gasteiger partial charge is 0.329 e. The number of imidazole rings is 1. The van der Waals surface area contributed by atoms with Crippen LogP contribution in [0.3, 0.4) is 0 Å². The van der Waals surface area contributed by atoms with Gasteiger partial charge >= 0.3 is 5.69 Å². The smallest absolute Gasteiger partial charge is 0.303 e. The van der Waals surface area contributed by atoms with Crippen LogP contribution in [0.15, 0.2) is 69.3 Å². The van der Waals surface area contributed by atoms with Crippen LogP contribution in [-0.4, -0.2) is 25.3 Å². The van der Waals surface area contributed by atoms with Crippen LogP contribution in [-0.2, 0) is 20.0 Å². The molecule has 2 aromatic carbocycles. The summed E-state index contributed by atoms with van der Waals surface area (Å²) in [6, 6.07) is 15.9. The highest BCUT2D eigenvalue weighted by Gasteiger charge is 2.17. The van der Waals surface area contributed by atoms with Gasteiger partial charge in [0.1, 0.15) is 5.82 Å². The molecule has 9 heteroatoms. The lowest BCUT2D eigenvalue weighted by atomic mass is 10.1. The van der Waals surface area contributed by atoms with Crippen molar-refractivity contribution >= 4 is 23.3 Å². The fourth-order valence-electron chi connectivity index (χ4n) is 3.34. The number of anilines is 1. The summed E-state index contributed by atoms with van der Waals surface area (Å²) in [6.07, 6.45) is 3.10. The van der Waals surface area contributed by atoms with E-state index in [1.165, 1.54) is 28.5 Å². The normalized spacial score (nSPS) is 11.4. The van der Waals surface area contributed by atoms with Gasteiger partial charge < -0.3 is 4.57 Å². The van der Waals surface area contributed by atoms with Crippen molar-refractivity contribution in [3.8, 4) is 0 Å². The maximum Gasteiger partial charge on any atom is 0.329 e. The molecular formula is C22H21FN6O2. The summed E-state index contributed by atoms with van der Waals surface area (Å²) in [7, 11) is 1.55. The summed E-state index contributed by atoms with van der Waals surface area (Å²) in [4.78, 5) is 31.2. The van der Waals surface area contributed by atoms with Gasteiger partial charge in [-0.15, -0.1) is 0 Å². The van der Waals surface area contributed by atoms with E-state index in [9.17, 15) is 14.0 Å². The van der Waals surface area contributed by atoms with Crippen molar-refractivity contribution in [1.29, 1.82) is 0 Å². The first-order valence-electron chi connectivity index (χ1n) is 9.81. The molecule has 2 aromatic heterocycles. The molecule has 0 atom stereocenters. The fourth-order valence-corrected chi connectivity index (χ4v) is 3.34. The number of hydrogen-bond donors (Lipinski definition) is 2. The molecule has 0 aliphatic rings. The molecule has 0 aliphatic carbocycles. The molecule has 8 nitrogen and oxygen atoms in total. The Morgan fingerprint density at radius 3 is 2.61 bits per heavy atom. The van der Waals surface area contributed by atoms with Crippen LogP contribution in [0.25, 0.3) is 11.2 Å². The van der Waals surface area contributed by atoms with Crippen LogP contribution in [0, 0.1) is 5.82 Å². The highest BCUT2D eigenvalue weighted by molar-refractivity contribution is 5.80. The molecule has 158 valence electrons. The zero-order valence-corrected chi connectivity index (χ0v) is 16.9. The molecule has 0 bridgehead atoms. The highest BCUT2D eigenvalue weighted by atomic mass is 19.1. The van der Waals surface area contributed by atoms with E-state index in [-0.39, 0.29) is 11.5 Å². The second kappa shape index (κ2) is 8.78. The second-order valence-electron chi connectivity index (χ2n) is 7.09. The minimum Gasteiger partial charge on any atom is -0.303 e. The second-order valence-corrected chi connectivity index (χ2v) is 7.09. The minimum absolute atomic E-state index is 0.271. The van der Waals surface area contributed by atoms with Gasteiger partial charge in [0, 0.05) is 13.6 Å². The van der Waals surface area contributed by atoms with Crippen molar-refractivity contribution in [1.82, 2.24) is 19.1 Å². The number of aromatic amines is 1. The van der Waals surface area contributed by atoms with E-state index in [1.807, 2.05) is 18.2 Å². The van der Waals surface area contributed by atoms with Crippen LogP contribution in [0.2, 0.25) is 0 Å². The fraction of sp³-hybridized carbons (Fsp3) is 0.182. The third-order valence-electron chi connectivity index (χ3n) is 4.95. The Bertz CT molecular complexity index is 1340. The van der Waals surface area contributed by atoms with Crippen molar-refractivity contribution in [3.05, 3.63) is 92.4 Å². The third kappa shape index (κ3) is 4.45. The number of H-pyrrole nitrogens is 1. The van der Waals surface area contributed by atoms with Gasteiger partial charge in [0.2, 0.25) is 5.95 Å². The predicted octanol–water partition coefficient (Wildman–Crippen LogP) is 2.64. The number of hydrazone groups is 1. The monoisotopic (exact) mass is 420 g/mol. The lowest BCUT2D eigenvalue weighted by Crippen LogP contribution is -2.29. The van der Waals surface area contributed by atoms with Gasteiger partial charge in [0.05, 0.1) is 6.21 Å². The topological polar surface area (TPSA) is 97.1 Å². The summed E-state index contributed by atoms with van der Waals surface area (Å²) < 4.78 is 16.1. The van der Waals surface area contributed by atoms with Crippen LogP contribution >= 0.6 is 0 Å². The van der Waals surface area contributed by atoms with Crippen LogP contribution in [0.5, 0.6) is 0 Å². The van der Waals surface area contributed by atoms with E-state index in [0.29, 0.717) is 23.6 Å². The molecule has 0 unspecified atom stereocenters. The van der Waals surface area contributed by atoms with Gasteiger partial charge in [-0.2, -0.15) is 10.1 Å². The number of nitrogens with one attached hydrogen (secondary N) is 2. The molecule has 0 radical (unpaired) electrons. The van der Waals surface area contributed by atoms with E-state index in [0.717, 1.165) is 12.8 Å². The standard InChI is InChI=1S/C22H21FN6O2/c1-28-19-18(20(30)26-22(28)31)29(13-5-8-15-6-3-2-4-7-15)21(25-19)27-24-14-16-9-11-17(23)12-10-16/h2-4,6-7,9-12,14H,5,8,13H2,1H3,(H,25,27)(H,26,30,31)/b24-14+. The number of fused-ring (bicyclic) bond motifs is 1. The van der Waals surface area contributed by atoms with Crippen molar-refractivity contribution in [2.75, 3.05) is 5.43 Å². The Hall–Kier alpha value is -4.01. The van der Waals surface area contributed by atoms with Crippen molar-refractivity contribution in [2.24, 2.45) is 12.1 Å². The van der Waals surface area contributed by atoms with Crippen molar-refractivity contribution in [2.45, 2.75) is 19.4 Å². The van der Waals surface area contributed by atoms with Gasteiger partial charge in [0.25, 0.3) is 5.56 Å².